The molecular weight excluding hydrogens is 209 g/mol. The first-order valence-corrected chi connectivity index (χ1v) is 4.67. The van der Waals surface area contributed by atoms with Crippen molar-refractivity contribution in [3.05, 3.63) is 11.1 Å². The Balaban J connectivity index is 2.22. The highest BCUT2D eigenvalue weighted by Crippen LogP contribution is 2.15. The van der Waals surface area contributed by atoms with Crippen LogP contribution in [0.1, 0.15) is 12.8 Å². The number of hydrogen-bond donors (Lipinski definition) is 0. The van der Waals surface area contributed by atoms with Crippen molar-refractivity contribution in [3.8, 4) is 0 Å². The van der Waals surface area contributed by atoms with E-state index in [1.165, 1.54) is 0 Å². The number of rotatable bonds is 2. The normalized spacial score (nSPS) is 22.0. The van der Waals surface area contributed by atoms with E-state index in [9.17, 15) is 4.39 Å². The van der Waals surface area contributed by atoms with Crippen LogP contribution in [0.5, 0.6) is 0 Å². The largest absolute Gasteiger partial charge is 0.298 e. The second-order valence-corrected chi connectivity index (χ2v) is 4.09. The summed E-state index contributed by atoms with van der Waals surface area (Å²) < 4.78 is 13.6. The average molecular weight is 222 g/mol. The third-order valence-corrected chi connectivity index (χ3v) is 2.16. The molecule has 11 heavy (non-hydrogen) atoms. The molecule has 64 valence electrons. The molecule has 0 atom stereocenters. The van der Waals surface area contributed by atoms with Gasteiger partial charge in [-0.25, -0.2) is 4.39 Å². The second-order valence-electron chi connectivity index (χ2n) is 2.97. The van der Waals surface area contributed by atoms with Crippen molar-refractivity contribution in [1.29, 1.82) is 0 Å². The Morgan fingerprint density at radius 2 is 2.09 bits per heavy atom. The standard InChI is InChI=1S/C8H13BrFN/c1-7(9)6-11-4-2-8(10)3-5-11/h8H,1-6H2. The molecule has 0 aliphatic carbocycles. The summed E-state index contributed by atoms with van der Waals surface area (Å²) in [7, 11) is 0. The van der Waals surface area contributed by atoms with Crippen molar-refractivity contribution in [2.75, 3.05) is 19.6 Å². The van der Waals surface area contributed by atoms with Crippen LogP contribution >= 0.6 is 15.9 Å². The minimum Gasteiger partial charge on any atom is -0.298 e. The van der Waals surface area contributed by atoms with E-state index in [1.807, 2.05) is 0 Å². The van der Waals surface area contributed by atoms with Crippen molar-refractivity contribution < 1.29 is 4.39 Å². The molecule has 0 aromatic carbocycles. The van der Waals surface area contributed by atoms with Gasteiger partial charge in [0.1, 0.15) is 6.17 Å². The highest BCUT2D eigenvalue weighted by Gasteiger charge is 2.17. The van der Waals surface area contributed by atoms with Gasteiger partial charge in [0, 0.05) is 24.1 Å². The third kappa shape index (κ3) is 3.34. The van der Waals surface area contributed by atoms with E-state index in [0.717, 1.165) is 24.1 Å². The lowest BCUT2D eigenvalue weighted by Gasteiger charge is -2.27. The minimum atomic E-state index is -0.574. The fourth-order valence-electron chi connectivity index (χ4n) is 1.30. The van der Waals surface area contributed by atoms with E-state index in [0.29, 0.717) is 12.8 Å². The third-order valence-electron chi connectivity index (χ3n) is 1.91. The van der Waals surface area contributed by atoms with Gasteiger partial charge in [0.2, 0.25) is 0 Å². The lowest BCUT2D eigenvalue weighted by molar-refractivity contribution is 0.161. The van der Waals surface area contributed by atoms with Crippen LogP contribution in [0.15, 0.2) is 11.1 Å². The quantitative estimate of drug-likeness (QED) is 0.693. The van der Waals surface area contributed by atoms with Crippen molar-refractivity contribution in [3.63, 3.8) is 0 Å². The van der Waals surface area contributed by atoms with E-state index >= 15 is 0 Å². The highest BCUT2D eigenvalue weighted by molar-refractivity contribution is 9.11. The molecule has 1 fully saturated rings. The zero-order valence-electron chi connectivity index (χ0n) is 6.52. The number of nitrogens with zero attached hydrogens (tertiary/aromatic N) is 1. The molecule has 0 radical (unpaired) electrons. The Morgan fingerprint density at radius 1 is 1.55 bits per heavy atom. The fourth-order valence-corrected chi connectivity index (χ4v) is 1.66. The maximum Gasteiger partial charge on any atom is 0.103 e. The molecule has 0 N–H and O–H groups in total. The average Bonchev–Trinajstić information content (AvgIpc) is 1.93. The van der Waals surface area contributed by atoms with E-state index < -0.39 is 6.17 Å². The Bertz CT molecular complexity index is 141. The molecule has 1 saturated heterocycles. The molecule has 0 aromatic heterocycles. The first-order chi connectivity index (χ1) is 5.18. The van der Waals surface area contributed by atoms with Gasteiger partial charge >= 0.3 is 0 Å². The van der Waals surface area contributed by atoms with Crippen LogP contribution < -0.4 is 0 Å². The molecule has 1 nitrogen and oxygen atoms in total. The van der Waals surface area contributed by atoms with Crippen molar-refractivity contribution in [2.24, 2.45) is 0 Å². The summed E-state index contributed by atoms with van der Waals surface area (Å²) in [5.41, 5.74) is 0. The summed E-state index contributed by atoms with van der Waals surface area (Å²) in [5.74, 6) is 0. The number of piperidine rings is 1. The Morgan fingerprint density at radius 3 is 2.55 bits per heavy atom. The molecule has 1 aliphatic heterocycles. The van der Waals surface area contributed by atoms with Gasteiger partial charge in [0.25, 0.3) is 0 Å². The number of hydrogen-bond acceptors (Lipinski definition) is 1. The van der Waals surface area contributed by atoms with Gasteiger partial charge in [-0.05, 0) is 12.8 Å². The van der Waals surface area contributed by atoms with Gasteiger partial charge in [-0.15, -0.1) is 0 Å². The lowest BCUT2D eigenvalue weighted by atomic mass is 10.1. The first kappa shape index (κ1) is 9.20. The Kier molecular flexibility index (Phi) is 3.52. The molecule has 1 aliphatic rings. The number of halogens is 2. The van der Waals surface area contributed by atoms with Gasteiger partial charge < -0.3 is 0 Å². The zero-order valence-corrected chi connectivity index (χ0v) is 8.11. The molecule has 0 unspecified atom stereocenters. The Hall–Kier alpha value is 0.110. The number of alkyl halides is 1. The highest BCUT2D eigenvalue weighted by atomic mass is 79.9. The molecule has 0 saturated carbocycles. The SMILES string of the molecule is C=C(Br)CN1CCC(F)CC1. The monoisotopic (exact) mass is 221 g/mol. The Labute approximate surface area is 75.4 Å². The van der Waals surface area contributed by atoms with Crippen LogP contribution in [-0.2, 0) is 0 Å². The molecule has 0 bridgehead atoms. The van der Waals surface area contributed by atoms with E-state index in [1.54, 1.807) is 0 Å². The van der Waals surface area contributed by atoms with Crippen LogP contribution in [0, 0.1) is 0 Å². The maximum atomic E-state index is 12.6. The van der Waals surface area contributed by atoms with Crippen LogP contribution in [-0.4, -0.2) is 30.7 Å². The molecule has 3 heteroatoms. The molecule has 0 aromatic rings. The van der Waals surface area contributed by atoms with Crippen molar-refractivity contribution >= 4 is 15.9 Å². The molecule has 1 heterocycles. The summed E-state index contributed by atoms with van der Waals surface area (Å²) in [6, 6.07) is 0. The molecule has 0 amide bonds. The van der Waals surface area contributed by atoms with Crippen LogP contribution in [0.2, 0.25) is 0 Å². The van der Waals surface area contributed by atoms with Gasteiger partial charge in [-0.2, -0.15) is 0 Å². The van der Waals surface area contributed by atoms with E-state index in [4.69, 9.17) is 0 Å². The van der Waals surface area contributed by atoms with Gasteiger partial charge in [-0.3, -0.25) is 4.90 Å². The maximum absolute atomic E-state index is 12.6. The zero-order chi connectivity index (χ0) is 8.27. The molecular formula is C8H13BrFN. The van der Waals surface area contributed by atoms with Gasteiger partial charge in [0.15, 0.2) is 0 Å². The molecule has 0 spiro atoms. The van der Waals surface area contributed by atoms with Gasteiger partial charge in [-0.1, -0.05) is 22.5 Å². The summed E-state index contributed by atoms with van der Waals surface area (Å²) >= 11 is 3.30. The second kappa shape index (κ2) is 4.21. The minimum absolute atomic E-state index is 0.574. The summed E-state index contributed by atoms with van der Waals surface area (Å²) in [6.45, 7) is 6.34. The lowest BCUT2D eigenvalue weighted by Crippen LogP contribution is -2.34. The van der Waals surface area contributed by atoms with E-state index in [-0.39, 0.29) is 0 Å². The van der Waals surface area contributed by atoms with Gasteiger partial charge in [0.05, 0.1) is 0 Å². The summed E-state index contributed by atoms with van der Waals surface area (Å²) in [5, 5.41) is 0. The topological polar surface area (TPSA) is 3.24 Å². The van der Waals surface area contributed by atoms with Crippen molar-refractivity contribution in [1.82, 2.24) is 4.90 Å². The van der Waals surface area contributed by atoms with Crippen LogP contribution in [0.4, 0.5) is 4.39 Å². The van der Waals surface area contributed by atoms with Crippen molar-refractivity contribution in [2.45, 2.75) is 19.0 Å². The predicted octanol–water partition coefficient (Wildman–Crippen LogP) is 2.33. The summed E-state index contributed by atoms with van der Waals surface area (Å²) in [4.78, 5) is 2.22. The fraction of sp³-hybridized carbons (Fsp3) is 0.750. The van der Waals surface area contributed by atoms with Crippen LogP contribution in [0.25, 0.3) is 0 Å². The smallest absolute Gasteiger partial charge is 0.103 e. The predicted molar refractivity (Wildman–Crippen MR) is 48.6 cm³/mol. The number of likely N-dealkylation sites (tertiary alicyclic amines) is 1. The first-order valence-electron chi connectivity index (χ1n) is 3.88. The van der Waals surface area contributed by atoms with Crippen LogP contribution in [0.3, 0.4) is 0 Å². The summed E-state index contributed by atoms with van der Waals surface area (Å²) in [6.07, 6.45) is 0.787. The molecule has 1 rings (SSSR count). The van der Waals surface area contributed by atoms with E-state index in [2.05, 4.69) is 27.4 Å².